The molecule has 1 N–H and O–H groups in total. The first-order valence-corrected chi connectivity index (χ1v) is 12.9. The number of ether oxygens (including phenoxy) is 1. The lowest BCUT2D eigenvalue weighted by molar-refractivity contribution is 0.0188. The number of carbonyl (C=O) groups excluding carboxylic acids is 1. The molecule has 0 radical (unpaired) electrons. The lowest BCUT2D eigenvalue weighted by Crippen LogP contribution is -2.43. The Balaban J connectivity index is 1.32. The van der Waals surface area contributed by atoms with Gasteiger partial charge in [-0.1, -0.05) is 23.7 Å². The van der Waals surface area contributed by atoms with Gasteiger partial charge in [0.1, 0.15) is 28.7 Å². The summed E-state index contributed by atoms with van der Waals surface area (Å²) in [6, 6.07) is 10.2. The van der Waals surface area contributed by atoms with Gasteiger partial charge in [-0.2, -0.15) is 15.5 Å². The van der Waals surface area contributed by atoms with E-state index in [-0.39, 0.29) is 17.6 Å². The van der Waals surface area contributed by atoms with Gasteiger partial charge in [-0.25, -0.2) is 9.48 Å². The standard InChI is InChI=1S/C27H32ClN7O2/c1-26(2,3)37-25(36)33-9-8-27(17-33)11-21(12-27)35-24(30-4)22(13-29)23(32-35)19-14-31-34(16-19)15-18-6-5-7-20(28)10-18/h5-7,10,14,16,21,30H,8-9,11-12,15,17H2,1-4H3. The first-order chi connectivity index (χ1) is 17.6. The number of hydrogen-bond donors (Lipinski definition) is 1. The van der Waals surface area contributed by atoms with Gasteiger partial charge in [-0.3, -0.25) is 4.68 Å². The normalized spacial score (nSPS) is 21.1. The van der Waals surface area contributed by atoms with Gasteiger partial charge in [0.25, 0.3) is 0 Å². The predicted molar refractivity (Wildman–Crippen MR) is 141 cm³/mol. The molecule has 1 aromatic carbocycles. The number of benzene rings is 1. The number of rotatable bonds is 5. The molecule has 0 bridgehead atoms. The Labute approximate surface area is 222 Å². The summed E-state index contributed by atoms with van der Waals surface area (Å²) < 4.78 is 9.34. The van der Waals surface area contributed by atoms with Crippen LogP contribution in [0.15, 0.2) is 36.7 Å². The Hall–Kier alpha value is -3.51. The van der Waals surface area contributed by atoms with Crippen LogP contribution in [0.4, 0.5) is 10.6 Å². The molecule has 3 heterocycles. The van der Waals surface area contributed by atoms with Crippen LogP contribution in [-0.2, 0) is 11.3 Å². The average molecular weight is 522 g/mol. The van der Waals surface area contributed by atoms with E-state index < -0.39 is 5.60 Å². The smallest absolute Gasteiger partial charge is 0.410 e. The molecule has 1 spiro atoms. The van der Waals surface area contributed by atoms with E-state index >= 15 is 0 Å². The van der Waals surface area contributed by atoms with Crippen LogP contribution in [0.2, 0.25) is 5.02 Å². The van der Waals surface area contributed by atoms with E-state index in [1.165, 1.54) is 0 Å². The molecule has 10 heteroatoms. The Morgan fingerprint density at radius 2 is 2.14 bits per heavy atom. The topological polar surface area (TPSA) is 101 Å². The molecule has 0 unspecified atom stereocenters. The van der Waals surface area contributed by atoms with Crippen molar-refractivity contribution in [3.63, 3.8) is 0 Å². The second-order valence-corrected chi connectivity index (χ2v) is 11.6. The van der Waals surface area contributed by atoms with Crippen molar-refractivity contribution in [2.24, 2.45) is 5.41 Å². The second kappa shape index (κ2) is 9.42. The van der Waals surface area contributed by atoms with Crippen LogP contribution in [-0.4, -0.2) is 56.3 Å². The van der Waals surface area contributed by atoms with Crippen LogP contribution < -0.4 is 5.32 Å². The summed E-state index contributed by atoms with van der Waals surface area (Å²) in [7, 11) is 1.81. The first kappa shape index (κ1) is 25.2. The number of aromatic nitrogens is 4. The maximum atomic E-state index is 12.5. The fraction of sp³-hybridized carbons (Fsp3) is 0.481. The maximum Gasteiger partial charge on any atom is 0.410 e. The zero-order valence-electron chi connectivity index (χ0n) is 21.7. The minimum atomic E-state index is -0.502. The van der Waals surface area contributed by atoms with E-state index in [0.29, 0.717) is 41.7 Å². The Bertz CT molecular complexity index is 1360. The van der Waals surface area contributed by atoms with Gasteiger partial charge in [0.15, 0.2) is 0 Å². The SMILES string of the molecule is CNc1c(C#N)c(-c2cnn(Cc3cccc(Cl)c3)c2)nn1C1CC2(CCN(C(=O)OC(C)(C)C)C2)C1. The zero-order chi connectivity index (χ0) is 26.4. The number of nitriles is 1. The van der Waals surface area contributed by atoms with Gasteiger partial charge in [0.2, 0.25) is 0 Å². The fourth-order valence-electron chi connectivity index (χ4n) is 5.50. The number of carbonyl (C=O) groups is 1. The van der Waals surface area contributed by atoms with Crippen molar-refractivity contribution in [3.8, 4) is 17.3 Å². The molecule has 1 aliphatic carbocycles. The molecule has 9 nitrogen and oxygen atoms in total. The van der Waals surface area contributed by atoms with Crippen molar-refractivity contribution >= 4 is 23.5 Å². The zero-order valence-corrected chi connectivity index (χ0v) is 22.4. The maximum absolute atomic E-state index is 12.5. The molecule has 1 aliphatic heterocycles. The highest BCUT2D eigenvalue weighted by Crippen LogP contribution is 2.55. The van der Waals surface area contributed by atoms with Gasteiger partial charge in [-0.15, -0.1) is 0 Å². The van der Waals surface area contributed by atoms with E-state index in [2.05, 4.69) is 16.5 Å². The molecule has 2 aromatic heterocycles. The molecule has 1 saturated carbocycles. The minimum absolute atomic E-state index is 0.0767. The third-order valence-electron chi connectivity index (χ3n) is 7.17. The average Bonchev–Trinajstić information content (AvgIpc) is 3.53. The van der Waals surface area contributed by atoms with Gasteiger partial charge in [0, 0.05) is 36.9 Å². The van der Waals surface area contributed by atoms with Crippen LogP contribution in [0.3, 0.4) is 0 Å². The number of nitrogens with zero attached hydrogens (tertiary/aromatic N) is 6. The van der Waals surface area contributed by atoms with E-state index in [0.717, 1.165) is 30.4 Å². The number of amides is 1. The number of likely N-dealkylation sites (tertiary alicyclic amines) is 1. The Morgan fingerprint density at radius 1 is 1.35 bits per heavy atom. The van der Waals surface area contributed by atoms with Crippen molar-refractivity contribution in [2.45, 2.75) is 58.2 Å². The minimum Gasteiger partial charge on any atom is -0.444 e. The Morgan fingerprint density at radius 3 is 2.81 bits per heavy atom. The number of hydrogen-bond acceptors (Lipinski definition) is 6. The summed E-state index contributed by atoms with van der Waals surface area (Å²) in [5, 5.41) is 23.3. The van der Waals surface area contributed by atoms with Crippen molar-refractivity contribution in [3.05, 3.63) is 52.8 Å². The number of nitrogens with one attached hydrogen (secondary N) is 1. The predicted octanol–water partition coefficient (Wildman–Crippen LogP) is 5.32. The van der Waals surface area contributed by atoms with Crippen LogP contribution in [0, 0.1) is 16.7 Å². The highest BCUT2D eigenvalue weighted by atomic mass is 35.5. The summed E-state index contributed by atoms with van der Waals surface area (Å²) in [5.41, 5.74) is 2.53. The fourth-order valence-corrected chi connectivity index (χ4v) is 5.72. The van der Waals surface area contributed by atoms with Crippen molar-refractivity contribution in [2.75, 3.05) is 25.5 Å². The van der Waals surface area contributed by atoms with Crippen molar-refractivity contribution in [1.82, 2.24) is 24.5 Å². The van der Waals surface area contributed by atoms with E-state index in [1.54, 1.807) is 6.20 Å². The highest BCUT2D eigenvalue weighted by molar-refractivity contribution is 6.30. The van der Waals surface area contributed by atoms with E-state index in [9.17, 15) is 10.1 Å². The molecule has 2 aliphatic rings. The van der Waals surface area contributed by atoms with Crippen molar-refractivity contribution < 1.29 is 9.53 Å². The van der Waals surface area contributed by atoms with Crippen LogP contribution in [0.5, 0.6) is 0 Å². The number of halogens is 1. The molecule has 2 fully saturated rings. The van der Waals surface area contributed by atoms with Gasteiger partial charge >= 0.3 is 6.09 Å². The lowest BCUT2D eigenvalue weighted by Gasteiger charge is -2.45. The summed E-state index contributed by atoms with van der Waals surface area (Å²) in [4.78, 5) is 14.4. The van der Waals surface area contributed by atoms with Crippen LogP contribution in [0.25, 0.3) is 11.3 Å². The van der Waals surface area contributed by atoms with Gasteiger partial charge in [0.05, 0.1) is 18.8 Å². The van der Waals surface area contributed by atoms with Gasteiger partial charge < -0.3 is 15.0 Å². The monoisotopic (exact) mass is 521 g/mol. The first-order valence-electron chi connectivity index (χ1n) is 12.6. The van der Waals surface area contributed by atoms with E-state index in [4.69, 9.17) is 21.4 Å². The third-order valence-corrected chi connectivity index (χ3v) is 7.41. The molecule has 1 saturated heterocycles. The van der Waals surface area contributed by atoms with Crippen molar-refractivity contribution in [1.29, 1.82) is 5.26 Å². The number of anilines is 1. The Kier molecular flexibility index (Phi) is 6.40. The molecule has 37 heavy (non-hydrogen) atoms. The quantitative estimate of drug-likeness (QED) is 0.487. The third kappa shape index (κ3) is 5.03. The largest absolute Gasteiger partial charge is 0.444 e. The molecule has 5 rings (SSSR count). The summed E-state index contributed by atoms with van der Waals surface area (Å²) in [6.45, 7) is 7.64. The lowest BCUT2D eigenvalue weighted by atomic mass is 9.65. The summed E-state index contributed by atoms with van der Waals surface area (Å²) in [5.74, 6) is 0.710. The van der Waals surface area contributed by atoms with Crippen LogP contribution in [0.1, 0.15) is 57.2 Å². The molecule has 1 amide bonds. The molecular weight excluding hydrogens is 490 g/mol. The second-order valence-electron chi connectivity index (χ2n) is 11.1. The van der Waals surface area contributed by atoms with Gasteiger partial charge in [-0.05, 0) is 63.1 Å². The van der Waals surface area contributed by atoms with Crippen LogP contribution >= 0.6 is 11.6 Å². The summed E-state index contributed by atoms with van der Waals surface area (Å²) >= 11 is 6.12. The van der Waals surface area contributed by atoms with E-state index in [1.807, 2.05) is 72.5 Å². The molecule has 0 atom stereocenters. The highest BCUT2D eigenvalue weighted by Gasteiger charge is 2.51. The molecule has 3 aromatic rings. The summed E-state index contributed by atoms with van der Waals surface area (Å²) in [6.07, 6.45) is 6.17. The molecule has 194 valence electrons. The molecular formula is C27H32ClN7O2.